The van der Waals surface area contributed by atoms with Gasteiger partial charge in [-0.05, 0) is 61.7 Å². The van der Waals surface area contributed by atoms with Crippen molar-refractivity contribution in [3.05, 3.63) is 103 Å². The van der Waals surface area contributed by atoms with E-state index in [2.05, 4.69) is 62.2 Å². The maximum absolute atomic E-state index is 13.8. The molecule has 5 aromatic rings. The molecule has 168 valence electrons. The van der Waals surface area contributed by atoms with Crippen molar-refractivity contribution in [1.82, 2.24) is 4.90 Å². The van der Waals surface area contributed by atoms with Crippen LogP contribution in [0.3, 0.4) is 0 Å². The van der Waals surface area contributed by atoms with E-state index in [0.717, 1.165) is 37.3 Å². The van der Waals surface area contributed by atoms with E-state index in [0.29, 0.717) is 22.0 Å². The van der Waals surface area contributed by atoms with Crippen LogP contribution in [0, 0.1) is 0 Å². The molecule has 6 rings (SSSR count). The van der Waals surface area contributed by atoms with Gasteiger partial charge in [-0.1, -0.05) is 64.5 Å². The van der Waals surface area contributed by atoms with Crippen LogP contribution in [0.5, 0.6) is 0 Å². The molecule has 0 bridgehead atoms. The zero-order valence-electron chi connectivity index (χ0n) is 17.8. The number of rotatable bonds is 2. The summed E-state index contributed by atoms with van der Waals surface area (Å²) in [6.07, 6.45) is 0. The molecule has 0 N–H and O–H groups in total. The van der Waals surface area contributed by atoms with E-state index < -0.39 is 5.63 Å². The number of fused-ring (bicyclic) bond motifs is 3. The smallest absolute Gasteiger partial charge is 0.349 e. The van der Waals surface area contributed by atoms with Gasteiger partial charge in [0.1, 0.15) is 10.9 Å². The van der Waals surface area contributed by atoms with Gasteiger partial charge in [-0.3, -0.25) is 4.79 Å². The molecule has 1 aliphatic rings. The van der Waals surface area contributed by atoms with Crippen LogP contribution in [-0.2, 0) is 0 Å². The Bertz CT molecular complexity index is 1630. The summed E-state index contributed by atoms with van der Waals surface area (Å²) in [5, 5.41) is 5.00. The van der Waals surface area contributed by atoms with Crippen LogP contribution in [0.2, 0.25) is 0 Å². The van der Waals surface area contributed by atoms with Crippen molar-refractivity contribution >= 4 is 82.0 Å². The Morgan fingerprint density at radius 2 is 1.59 bits per heavy atom. The fourth-order valence-corrected chi connectivity index (χ4v) is 7.36. The lowest BCUT2D eigenvalue weighted by atomic mass is 9.96. The molecule has 0 radical (unpaired) electrons. The molecular weight excluding hydrogens is 578 g/mol. The second-order valence-corrected chi connectivity index (χ2v) is 11.2. The molecule has 1 amide bonds. The Labute approximate surface area is 216 Å². The first-order chi connectivity index (χ1) is 16.5. The van der Waals surface area contributed by atoms with Gasteiger partial charge in [0.2, 0.25) is 0 Å². The van der Waals surface area contributed by atoms with E-state index in [-0.39, 0.29) is 16.8 Å². The van der Waals surface area contributed by atoms with Gasteiger partial charge in [0, 0.05) is 27.7 Å². The molecule has 4 aromatic carbocycles. The summed E-state index contributed by atoms with van der Waals surface area (Å²) in [6.45, 7) is 0.561. The molecule has 1 atom stereocenters. The van der Waals surface area contributed by atoms with E-state index in [1.807, 2.05) is 41.3 Å². The molecule has 1 saturated heterocycles. The van der Waals surface area contributed by atoms with Crippen LogP contribution in [-0.4, -0.2) is 23.1 Å². The zero-order chi connectivity index (χ0) is 23.4. The highest BCUT2D eigenvalue weighted by Gasteiger charge is 2.35. The third-order valence-corrected chi connectivity index (χ3v) is 8.46. The minimum atomic E-state index is -0.626. The van der Waals surface area contributed by atoms with Gasteiger partial charge >= 0.3 is 5.63 Å². The first kappa shape index (κ1) is 21.9. The van der Waals surface area contributed by atoms with Crippen LogP contribution in [0.4, 0.5) is 0 Å². The topological polar surface area (TPSA) is 50.5 Å². The number of thioether (sulfide) groups is 1. The lowest BCUT2D eigenvalue weighted by Crippen LogP contribution is -2.33. The number of benzene rings is 4. The number of hydrogen-bond acceptors (Lipinski definition) is 4. The standard InChI is InChI=1S/C27H17Br2NO3S/c28-18-12-17-13-21(27(32)33-24(17)22(29)14-18)25(31)30-9-10-34-26(30)23-19-7-3-1-5-15(19)11-16-6-2-4-8-20(16)23/h1-8,11-14,26H,9-10H2. The average Bonchev–Trinajstić information content (AvgIpc) is 3.31. The van der Waals surface area contributed by atoms with Gasteiger partial charge in [0.25, 0.3) is 5.91 Å². The Morgan fingerprint density at radius 3 is 2.29 bits per heavy atom. The van der Waals surface area contributed by atoms with Crippen LogP contribution < -0.4 is 5.63 Å². The summed E-state index contributed by atoms with van der Waals surface area (Å²) in [4.78, 5) is 28.5. The highest BCUT2D eigenvalue weighted by atomic mass is 79.9. The zero-order valence-corrected chi connectivity index (χ0v) is 21.7. The van der Waals surface area contributed by atoms with Crippen molar-refractivity contribution in [2.24, 2.45) is 0 Å². The Kier molecular flexibility index (Phi) is 5.51. The van der Waals surface area contributed by atoms with Gasteiger partial charge in [-0.15, -0.1) is 11.8 Å². The Morgan fingerprint density at radius 1 is 0.912 bits per heavy atom. The fourth-order valence-electron chi connectivity index (χ4n) is 4.69. The number of hydrogen-bond donors (Lipinski definition) is 0. The number of halogens is 2. The van der Waals surface area contributed by atoms with Crippen molar-refractivity contribution < 1.29 is 9.21 Å². The molecule has 0 spiro atoms. The molecule has 1 aliphatic heterocycles. The van der Waals surface area contributed by atoms with Gasteiger partial charge in [0.05, 0.1) is 4.47 Å². The fraction of sp³-hybridized carbons (Fsp3) is 0.111. The summed E-state index contributed by atoms with van der Waals surface area (Å²) >= 11 is 8.63. The van der Waals surface area contributed by atoms with Crippen molar-refractivity contribution in [3.8, 4) is 0 Å². The average molecular weight is 595 g/mol. The highest BCUT2D eigenvalue weighted by Crippen LogP contribution is 2.45. The molecule has 1 aromatic heterocycles. The molecule has 7 heteroatoms. The van der Waals surface area contributed by atoms with Crippen molar-refractivity contribution in [3.63, 3.8) is 0 Å². The van der Waals surface area contributed by atoms with E-state index in [1.165, 1.54) is 0 Å². The molecule has 4 nitrogen and oxygen atoms in total. The van der Waals surface area contributed by atoms with Gasteiger partial charge in [-0.25, -0.2) is 4.79 Å². The van der Waals surface area contributed by atoms with Crippen LogP contribution >= 0.6 is 43.6 Å². The van der Waals surface area contributed by atoms with E-state index in [1.54, 1.807) is 17.8 Å². The third-order valence-electron chi connectivity index (χ3n) is 6.19. The minimum Gasteiger partial charge on any atom is -0.421 e. The normalized spacial score (nSPS) is 16.1. The van der Waals surface area contributed by atoms with Crippen molar-refractivity contribution in [2.75, 3.05) is 12.3 Å². The van der Waals surface area contributed by atoms with E-state index >= 15 is 0 Å². The van der Waals surface area contributed by atoms with Gasteiger partial charge in [0.15, 0.2) is 5.58 Å². The number of carbonyl (C=O) groups is 1. The predicted molar refractivity (Wildman–Crippen MR) is 146 cm³/mol. The van der Waals surface area contributed by atoms with Gasteiger partial charge in [-0.2, -0.15) is 0 Å². The number of amides is 1. The van der Waals surface area contributed by atoms with Crippen LogP contribution in [0.1, 0.15) is 21.3 Å². The van der Waals surface area contributed by atoms with Gasteiger partial charge < -0.3 is 9.32 Å². The first-order valence-corrected chi connectivity index (χ1v) is 13.4. The largest absolute Gasteiger partial charge is 0.421 e. The van der Waals surface area contributed by atoms with E-state index in [4.69, 9.17) is 4.42 Å². The molecule has 2 heterocycles. The Balaban J connectivity index is 1.51. The molecule has 0 aliphatic carbocycles. The Hall–Kier alpha value is -2.61. The summed E-state index contributed by atoms with van der Waals surface area (Å²) in [5.41, 5.74) is 0.964. The molecule has 34 heavy (non-hydrogen) atoms. The maximum Gasteiger partial charge on any atom is 0.349 e. The maximum atomic E-state index is 13.8. The summed E-state index contributed by atoms with van der Waals surface area (Å²) in [6, 6.07) is 24.0. The van der Waals surface area contributed by atoms with Crippen LogP contribution in [0.15, 0.2) is 91.0 Å². The molecular formula is C27H17Br2NO3S. The highest BCUT2D eigenvalue weighted by molar-refractivity contribution is 9.11. The minimum absolute atomic E-state index is 0.0505. The van der Waals surface area contributed by atoms with Crippen molar-refractivity contribution in [1.29, 1.82) is 0 Å². The van der Waals surface area contributed by atoms with E-state index in [9.17, 15) is 9.59 Å². The summed E-state index contributed by atoms with van der Waals surface area (Å²) in [5.74, 6) is 0.489. The lowest BCUT2D eigenvalue weighted by molar-refractivity contribution is 0.0757. The molecule has 1 fully saturated rings. The second kappa shape index (κ2) is 8.56. The number of nitrogens with zero attached hydrogens (tertiary/aromatic N) is 1. The summed E-state index contributed by atoms with van der Waals surface area (Å²) in [7, 11) is 0. The molecule has 1 unspecified atom stereocenters. The predicted octanol–water partition coefficient (Wildman–Crippen LogP) is 7.51. The monoisotopic (exact) mass is 593 g/mol. The second-order valence-electron chi connectivity index (χ2n) is 8.21. The SMILES string of the molecule is O=C(c1cc2cc(Br)cc(Br)c2oc1=O)N1CCSC1c1c2ccccc2cc2ccccc12. The lowest BCUT2D eigenvalue weighted by Gasteiger charge is -2.26. The van der Waals surface area contributed by atoms with Crippen LogP contribution in [0.25, 0.3) is 32.5 Å². The number of carbonyl (C=O) groups excluding carboxylic acids is 1. The molecule has 0 saturated carbocycles. The quantitative estimate of drug-likeness (QED) is 0.157. The third kappa shape index (κ3) is 3.58. The van der Waals surface area contributed by atoms with Crippen molar-refractivity contribution in [2.45, 2.75) is 5.37 Å². The summed E-state index contributed by atoms with van der Waals surface area (Å²) < 4.78 is 7.05. The first-order valence-electron chi connectivity index (χ1n) is 10.8.